The van der Waals surface area contributed by atoms with Crippen molar-refractivity contribution in [3.63, 3.8) is 0 Å². The van der Waals surface area contributed by atoms with Crippen LogP contribution in [0.15, 0.2) is 0 Å². The molecule has 0 aromatic carbocycles. The van der Waals surface area contributed by atoms with Gasteiger partial charge >= 0.3 is 0 Å². The normalized spacial score (nSPS) is 22.7. The Morgan fingerprint density at radius 3 is 2.60 bits per heavy atom. The summed E-state index contributed by atoms with van der Waals surface area (Å²) < 4.78 is 5.03. The van der Waals surface area contributed by atoms with Crippen LogP contribution >= 0.6 is 0 Å². The van der Waals surface area contributed by atoms with Crippen molar-refractivity contribution in [2.24, 2.45) is 5.92 Å². The minimum Gasteiger partial charge on any atom is -0.383 e. The molecule has 1 unspecified atom stereocenters. The van der Waals surface area contributed by atoms with Gasteiger partial charge in [0.25, 0.3) is 0 Å². The standard InChI is InChI=1S/C15H29N3O2/c1-12(15(19)17-14-3-4-14)18-8-5-13(6-9-18)11-16-7-10-20-2/h12-14,16H,3-11H2,1-2H3,(H,17,19). The van der Waals surface area contributed by atoms with E-state index in [2.05, 4.69) is 15.5 Å². The summed E-state index contributed by atoms with van der Waals surface area (Å²) in [5, 5.41) is 6.54. The molecule has 2 aliphatic rings. The zero-order valence-electron chi connectivity index (χ0n) is 12.9. The van der Waals surface area contributed by atoms with Crippen molar-refractivity contribution in [2.75, 3.05) is 39.9 Å². The number of carbonyl (C=O) groups is 1. The summed E-state index contributed by atoms with van der Waals surface area (Å²) in [5.41, 5.74) is 0. The third-order valence-electron chi connectivity index (χ3n) is 4.42. The van der Waals surface area contributed by atoms with Gasteiger partial charge in [0.1, 0.15) is 0 Å². The Labute approximate surface area is 122 Å². The van der Waals surface area contributed by atoms with Gasteiger partial charge in [-0.15, -0.1) is 0 Å². The second-order valence-electron chi connectivity index (χ2n) is 6.14. The summed E-state index contributed by atoms with van der Waals surface area (Å²) in [6.07, 6.45) is 4.68. The van der Waals surface area contributed by atoms with E-state index in [9.17, 15) is 4.79 Å². The Morgan fingerprint density at radius 1 is 1.30 bits per heavy atom. The lowest BCUT2D eigenvalue weighted by atomic mass is 9.95. The van der Waals surface area contributed by atoms with Crippen molar-refractivity contribution in [1.82, 2.24) is 15.5 Å². The fraction of sp³-hybridized carbons (Fsp3) is 0.933. The monoisotopic (exact) mass is 283 g/mol. The third-order valence-corrected chi connectivity index (χ3v) is 4.42. The molecule has 0 aromatic heterocycles. The Balaban J connectivity index is 1.61. The third kappa shape index (κ3) is 5.04. The molecule has 2 rings (SSSR count). The molecule has 1 aliphatic carbocycles. The SMILES string of the molecule is COCCNCC1CCN(C(C)C(=O)NC2CC2)CC1. The van der Waals surface area contributed by atoms with Crippen LogP contribution in [-0.2, 0) is 9.53 Å². The number of piperidine rings is 1. The fourth-order valence-electron chi connectivity index (χ4n) is 2.74. The molecule has 5 heteroatoms. The molecule has 1 aliphatic heterocycles. The van der Waals surface area contributed by atoms with E-state index in [1.54, 1.807) is 7.11 Å². The van der Waals surface area contributed by atoms with Crippen molar-refractivity contribution in [2.45, 2.75) is 44.7 Å². The van der Waals surface area contributed by atoms with Crippen LogP contribution in [0, 0.1) is 5.92 Å². The van der Waals surface area contributed by atoms with Crippen molar-refractivity contribution in [3.8, 4) is 0 Å². The van der Waals surface area contributed by atoms with Gasteiger partial charge in [0.2, 0.25) is 5.91 Å². The van der Waals surface area contributed by atoms with Crippen molar-refractivity contribution in [1.29, 1.82) is 0 Å². The zero-order valence-corrected chi connectivity index (χ0v) is 12.9. The average Bonchev–Trinajstić information content (AvgIpc) is 3.27. The molecule has 1 saturated carbocycles. The predicted molar refractivity (Wildman–Crippen MR) is 79.7 cm³/mol. The Morgan fingerprint density at radius 2 is 2.00 bits per heavy atom. The van der Waals surface area contributed by atoms with E-state index >= 15 is 0 Å². The van der Waals surface area contributed by atoms with E-state index < -0.39 is 0 Å². The molecule has 0 aromatic rings. The number of hydrogen-bond donors (Lipinski definition) is 2. The Bertz CT molecular complexity index is 299. The second kappa shape index (κ2) is 7.96. The van der Waals surface area contributed by atoms with Crippen LogP contribution in [0.2, 0.25) is 0 Å². The lowest BCUT2D eigenvalue weighted by Gasteiger charge is -2.35. The molecule has 0 spiro atoms. The molecule has 0 radical (unpaired) electrons. The number of ether oxygens (including phenoxy) is 1. The quantitative estimate of drug-likeness (QED) is 0.641. The number of nitrogens with one attached hydrogen (secondary N) is 2. The molecule has 1 saturated heterocycles. The van der Waals surface area contributed by atoms with Gasteiger partial charge < -0.3 is 15.4 Å². The summed E-state index contributed by atoms with van der Waals surface area (Å²) in [5.74, 6) is 0.950. The lowest BCUT2D eigenvalue weighted by Crippen LogP contribution is -2.49. The molecule has 20 heavy (non-hydrogen) atoms. The Hall–Kier alpha value is -0.650. The lowest BCUT2D eigenvalue weighted by molar-refractivity contribution is -0.126. The maximum Gasteiger partial charge on any atom is 0.237 e. The first-order valence-electron chi connectivity index (χ1n) is 7.94. The molecule has 2 N–H and O–H groups in total. The number of amides is 1. The number of hydrogen-bond acceptors (Lipinski definition) is 4. The maximum atomic E-state index is 12.0. The number of rotatable bonds is 8. The summed E-state index contributed by atoms with van der Waals surface area (Å²) in [6, 6.07) is 0.491. The molecular weight excluding hydrogens is 254 g/mol. The molecule has 1 heterocycles. The fourth-order valence-corrected chi connectivity index (χ4v) is 2.74. The van der Waals surface area contributed by atoms with E-state index in [1.165, 1.54) is 12.8 Å². The number of likely N-dealkylation sites (tertiary alicyclic amines) is 1. The molecule has 116 valence electrons. The average molecular weight is 283 g/mol. The van der Waals surface area contributed by atoms with Crippen LogP contribution in [0.5, 0.6) is 0 Å². The molecule has 2 fully saturated rings. The first-order valence-corrected chi connectivity index (χ1v) is 7.94. The highest BCUT2D eigenvalue weighted by Crippen LogP contribution is 2.21. The highest BCUT2D eigenvalue weighted by atomic mass is 16.5. The first kappa shape index (κ1) is 15.7. The van der Waals surface area contributed by atoms with Crippen LogP contribution in [0.25, 0.3) is 0 Å². The van der Waals surface area contributed by atoms with Gasteiger partial charge in [-0.1, -0.05) is 0 Å². The number of nitrogens with zero attached hydrogens (tertiary/aromatic N) is 1. The predicted octanol–water partition coefficient (Wildman–Crippen LogP) is 0.602. The van der Waals surface area contributed by atoms with Gasteiger partial charge in [0.15, 0.2) is 0 Å². The first-order chi connectivity index (χ1) is 9.70. The van der Waals surface area contributed by atoms with Gasteiger partial charge in [-0.2, -0.15) is 0 Å². The minimum absolute atomic E-state index is 0.0259. The highest BCUT2D eigenvalue weighted by molar-refractivity contribution is 5.81. The zero-order chi connectivity index (χ0) is 14.4. The van der Waals surface area contributed by atoms with E-state index in [-0.39, 0.29) is 11.9 Å². The topological polar surface area (TPSA) is 53.6 Å². The minimum atomic E-state index is 0.0259. The highest BCUT2D eigenvalue weighted by Gasteiger charge is 2.30. The van der Waals surface area contributed by atoms with Gasteiger partial charge in [0.05, 0.1) is 12.6 Å². The summed E-state index contributed by atoms with van der Waals surface area (Å²) in [6.45, 7) is 6.88. The smallest absolute Gasteiger partial charge is 0.237 e. The van der Waals surface area contributed by atoms with E-state index in [4.69, 9.17) is 4.74 Å². The van der Waals surface area contributed by atoms with Gasteiger partial charge in [-0.3, -0.25) is 9.69 Å². The van der Waals surface area contributed by atoms with Gasteiger partial charge in [-0.05, 0) is 58.2 Å². The summed E-state index contributed by atoms with van der Waals surface area (Å²) >= 11 is 0. The van der Waals surface area contributed by atoms with E-state index in [0.29, 0.717) is 6.04 Å². The molecular formula is C15H29N3O2. The van der Waals surface area contributed by atoms with Crippen molar-refractivity contribution < 1.29 is 9.53 Å². The van der Waals surface area contributed by atoms with E-state index in [1.807, 2.05) is 6.92 Å². The maximum absolute atomic E-state index is 12.0. The molecule has 0 bridgehead atoms. The van der Waals surface area contributed by atoms with Crippen LogP contribution < -0.4 is 10.6 Å². The van der Waals surface area contributed by atoms with Crippen molar-refractivity contribution in [3.05, 3.63) is 0 Å². The summed E-state index contributed by atoms with van der Waals surface area (Å²) in [4.78, 5) is 14.4. The van der Waals surface area contributed by atoms with Crippen LogP contribution in [-0.4, -0.2) is 62.8 Å². The van der Waals surface area contributed by atoms with Crippen LogP contribution in [0.4, 0.5) is 0 Å². The number of carbonyl (C=O) groups excluding carboxylic acids is 1. The molecule has 1 atom stereocenters. The van der Waals surface area contributed by atoms with Gasteiger partial charge in [-0.25, -0.2) is 0 Å². The largest absolute Gasteiger partial charge is 0.383 e. The van der Waals surface area contributed by atoms with E-state index in [0.717, 1.165) is 51.5 Å². The van der Waals surface area contributed by atoms with Crippen molar-refractivity contribution >= 4 is 5.91 Å². The molecule has 5 nitrogen and oxygen atoms in total. The van der Waals surface area contributed by atoms with Crippen LogP contribution in [0.3, 0.4) is 0 Å². The Kier molecular flexibility index (Phi) is 6.26. The number of methoxy groups -OCH3 is 1. The summed E-state index contributed by atoms with van der Waals surface area (Å²) in [7, 11) is 1.73. The second-order valence-corrected chi connectivity index (χ2v) is 6.14. The van der Waals surface area contributed by atoms with Crippen LogP contribution in [0.1, 0.15) is 32.6 Å². The molecule has 1 amide bonds. The van der Waals surface area contributed by atoms with Gasteiger partial charge in [0, 0.05) is 19.7 Å².